The van der Waals surface area contributed by atoms with Crippen molar-refractivity contribution in [1.29, 1.82) is 0 Å². The second kappa shape index (κ2) is 5.84. The van der Waals surface area contributed by atoms with Crippen molar-refractivity contribution in [3.8, 4) is 0 Å². The Kier molecular flexibility index (Phi) is 4.16. The van der Waals surface area contributed by atoms with Crippen LogP contribution in [0.15, 0.2) is 30.6 Å². The quantitative estimate of drug-likeness (QED) is 0.856. The smallest absolute Gasteiger partial charge is 0.269 e. The molecule has 19 heavy (non-hydrogen) atoms. The predicted octanol–water partition coefficient (Wildman–Crippen LogP) is 1.47. The molecule has 0 spiro atoms. The monoisotopic (exact) mass is 261 g/mol. The van der Waals surface area contributed by atoms with Crippen molar-refractivity contribution in [3.05, 3.63) is 36.3 Å². The fraction of sp³-hybridized carbons (Fsp3) is 0.429. The van der Waals surface area contributed by atoms with Gasteiger partial charge in [0, 0.05) is 12.7 Å². The zero-order valence-corrected chi connectivity index (χ0v) is 11.2. The largest absolute Gasteiger partial charge is 0.393 e. The molecule has 2 atom stereocenters. The van der Waals surface area contributed by atoms with Gasteiger partial charge in [-0.2, -0.15) is 0 Å². The molecule has 5 nitrogen and oxygen atoms in total. The van der Waals surface area contributed by atoms with Gasteiger partial charge in [-0.25, -0.2) is 4.98 Å². The summed E-state index contributed by atoms with van der Waals surface area (Å²) in [6.45, 7) is 4.30. The van der Waals surface area contributed by atoms with Crippen molar-refractivity contribution in [3.63, 3.8) is 0 Å². The highest BCUT2D eigenvalue weighted by atomic mass is 16.3. The minimum atomic E-state index is -0.345. The maximum atomic E-state index is 12.1. The molecule has 0 saturated carbocycles. The van der Waals surface area contributed by atoms with Gasteiger partial charge in [0.05, 0.1) is 12.3 Å². The van der Waals surface area contributed by atoms with E-state index in [1.165, 1.54) is 0 Å². The number of nitrogens with one attached hydrogen (secondary N) is 1. The van der Waals surface area contributed by atoms with E-state index in [1.54, 1.807) is 17.5 Å². The molecule has 0 aliphatic rings. The van der Waals surface area contributed by atoms with E-state index in [0.717, 1.165) is 5.65 Å². The molecule has 0 aromatic carbocycles. The first-order chi connectivity index (χ1) is 9.08. The van der Waals surface area contributed by atoms with Gasteiger partial charge in [0.2, 0.25) is 0 Å². The van der Waals surface area contributed by atoms with E-state index < -0.39 is 0 Å². The van der Waals surface area contributed by atoms with E-state index in [-0.39, 0.29) is 17.9 Å². The van der Waals surface area contributed by atoms with Crippen LogP contribution in [0.3, 0.4) is 0 Å². The van der Waals surface area contributed by atoms with E-state index in [2.05, 4.69) is 10.3 Å². The number of aliphatic hydroxyl groups is 1. The van der Waals surface area contributed by atoms with Crippen molar-refractivity contribution >= 4 is 11.6 Å². The number of pyridine rings is 1. The van der Waals surface area contributed by atoms with Gasteiger partial charge in [-0.1, -0.05) is 13.0 Å². The SMILES string of the molecule is CC(O)CC(C)CNC(=O)c1cnc2ccccn12. The fourth-order valence-corrected chi connectivity index (χ4v) is 2.12. The Morgan fingerprint density at radius 3 is 3.00 bits per heavy atom. The van der Waals surface area contributed by atoms with Gasteiger partial charge in [0.15, 0.2) is 0 Å². The Hall–Kier alpha value is -1.88. The lowest BCUT2D eigenvalue weighted by molar-refractivity contribution is 0.0933. The second-order valence-corrected chi connectivity index (χ2v) is 4.97. The summed E-state index contributed by atoms with van der Waals surface area (Å²) in [5, 5.41) is 12.2. The first-order valence-corrected chi connectivity index (χ1v) is 6.46. The lowest BCUT2D eigenvalue weighted by atomic mass is 10.0. The molecule has 102 valence electrons. The number of aliphatic hydroxyl groups excluding tert-OH is 1. The second-order valence-electron chi connectivity index (χ2n) is 4.97. The van der Waals surface area contributed by atoms with E-state index in [1.807, 2.05) is 31.3 Å². The maximum absolute atomic E-state index is 12.1. The average Bonchev–Trinajstić information content (AvgIpc) is 2.79. The van der Waals surface area contributed by atoms with Gasteiger partial charge >= 0.3 is 0 Å². The van der Waals surface area contributed by atoms with E-state index in [0.29, 0.717) is 18.7 Å². The highest BCUT2D eigenvalue weighted by molar-refractivity contribution is 5.93. The molecule has 0 bridgehead atoms. The molecule has 0 fully saturated rings. The zero-order chi connectivity index (χ0) is 13.8. The summed E-state index contributed by atoms with van der Waals surface area (Å²) in [7, 11) is 0. The molecule has 2 heterocycles. The van der Waals surface area contributed by atoms with Crippen LogP contribution in [0.4, 0.5) is 0 Å². The number of nitrogens with zero attached hydrogens (tertiary/aromatic N) is 2. The topological polar surface area (TPSA) is 66.6 Å². The molecular weight excluding hydrogens is 242 g/mol. The summed E-state index contributed by atoms with van der Waals surface area (Å²) in [6, 6.07) is 5.60. The van der Waals surface area contributed by atoms with Crippen molar-refractivity contribution < 1.29 is 9.90 Å². The minimum absolute atomic E-state index is 0.142. The Morgan fingerprint density at radius 2 is 2.26 bits per heavy atom. The Bertz CT molecular complexity index is 563. The molecule has 1 amide bonds. The number of hydrogen-bond donors (Lipinski definition) is 2. The van der Waals surface area contributed by atoms with Gasteiger partial charge in [-0.15, -0.1) is 0 Å². The van der Waals surface area contributed by atoms with Crippen LogP contribution in [-0.4, -0.2) is 33.0 Å². The molecular formula is C14H19N3O2. The molecule has 0 aliphatic heterocycles. The molecule has 0 aliphatic carbocycles. The van der Waals surface area contributed by atoms with Gasteiger partial charge in [-0.3, -0.25) is 9.20 Å². The van der Waals surface area contributed by atoms with Crippen LogP contribution in [0.2, 0.25) is 0 Å². The van der Waals surface area contributed by atoms with Crippen LogP contribution in [0.5, 0.6) is 0 Å². The standard InChI is InChI=1S/C14H19N3O2/c1-10(7-11(2)18)8-16-14(19)12-9-15-13-5-3-4-6-17(12)13/h3-6,9-11,18H,7-8H2,1-2H3,(H,16,19). The Labute approximate surface area is 112 Å². The van der Waals surface area contributed by atoms with Gasteiger partial charge < -0.3 is 10.4 Å². The number of carbonyl (C=O) groups is 1. The summed E-state index contributed by atoms with van der Waals surface area (Å²) >= 11 is 0. The number of carbonyl (C=O) groups excluding carboxylic acids is 1. The van der Waals surface area contributed by atoms with Crippen LogP contribution >= 0.6 is 0 Å². The summed E-state index contributed by atoms with van der Waals surface area (Å²) in [6.07, 6.45) is 3.72. The average molecular weight is 261 g/mol. The molecule has 2 unspecified atom stereocenters. The first kappa shape index (κ1) is 13.5. The number of imidazole rings is 1. The number of hydrogen-bond acceptors (Lipinski definition) is 3. The predicted molar refractivity (Wildman–Crippen MR) is 73.0 cm³/mol. The minimum Gasteiger partial charge on any atom is -0.393 e. The Morgan fingerprint density at radius 1 is 1.47 bits per heavy atom. The summed E-state index contributed by atoms with van der Waals surface area (Å²) in [5.74, 6) is 0.0966. The molecule has 2 aromatic rings. The molecule has 5 heteroatoms. The number of rotatable bonds is 5. The van der Waals surface area contributed by atoms with Crippen LogP contribution < -0.4 is 5.32 Å². The van der Waals surface area contributed by atoms with Crippen molar-refractivity contribution in [2.45, 2.75) is 26.4 Å². The number of aromatic nitrogens is 2. The third-order valence-corrected chi connectivity index (χ3v) is 3.00. The van der Waals surface area contributed by atoms with E-state index in [9.17, 15) is 9.90 Å². The molecule has 2 rings (SSSR count). The van der Waals surface area contributed by atoms with Crippen LogP contribution in [0.25, 0.3) is 5.65 Å². The molecule has 2 N–H and O–H groups in total. The van der Waals surface area contributed by atoms with E-state index in [4.69, 9.17) is 0 Å². The van der Waals surface area contributed by atoms with Gasteiger partial charge in [0.1, 0.15) is 11.3 Å². The number of amides is 1. The Balaban J connectivity index is 2.00. The normalized spacial score (nSPS) is 14.3. The zero-order valence-electron chi connectivity index (χ0n) is 11.2. The molecule has 0 saturated heterocycles. The van der Waals surface area contributed by atoms with Gasteiger partial charge in [0.25, 0.3) is 5.91 Å². The highest BCUT2D eigenvalue weighted by Crippen LogP contribution is 2.07. The highest BCUT2D eigenvalue weighted by Gasteiger charge is 2.13. The summed E-state index contributed by atoms with van der Waals surface area (Å²) in [4.78, 5) is 16.3. The van der Waals surface area contributed by atoms with Crippen molar-refractivity contribution in [2.24, 2.45) is 5.92 Å². The van der Waals surface area contributed by atoms with Crippen LogP contribution in [0, 0.1) is 5.92 Å². The van der Waals surface area contributed by atoms with Gasteiger partial charge in [-0.05, 0) is 31.4 Å². The van der Waals surface area contributed by atoms with Crippen LogP contribution in [-0.2, 0) is 0 Å². The third-order valence-electron chi connectivity index (χ3n) is 3.00. The lowest BCUT2D eigenvalue weighted by Crippen LogP contribution is -2.30. The van der Waals surface area contributed by atoms with Crippen molar-refractivity contribution in [2.75, 3.05) is 6.54 Å². The molecule has 2 aromatic heterocycles. The fourth-order valence-electron chi connectivity index (χ4n) is 2.12. The maximum Gasteiger partial charge on any atom is 0.269 e. The van der Waals surface area contributed by atoms with E-state index >= 15 is 0 Å². The molecule has 0 radical (unpaired) electrons. The summed E-state index contributed by atoms with van der Waals surface area (Å²) < 4.78 is 1.76. The summed E-state index contributed by atoms with van der Waals surface area (Å²) in [5.41, 5.74) is 1.28. The van der Waals surface area contributed by atoms with Crippen LogP contribution in [0.1, 0.15) is 30.8 Å². The van der Waals surface area contributed by atoms with Crippen molar-refractivity contribution in [1.82, 2.24) is 14.7 Å². The first-order valence-electron chi connectivity index (χ1n) is 6.46. The lowest BCUT2D eigenvalue weighted by Gasteiger charge is -2.13. The third kappa shape index (κ3) is 3.32. The number of fused-ring (bicyclic) bond motifs is 1.